The molecule has 2 heterocycles. The third-order valence-corrected chi connectivity index (χ3v) is 4.83. The van der Waals surface area contributed by atoms with E-state index in [9.17, 15) is 9.59 Å². The van der Waals surface area contributed by atoms with Crippen molar-refractivity contribution in [1.29, 1.82) is 0 Å². The Morgan fingerprint density at radius 1 is 1.11 bits per heavy atom. The molecule has 1 aliphatic rings. The molecule has 28 heavy (non-hydrogen) atoms. The molecule has 1 N–H and O–H groups in total. The first-order valence-electron chi connectivity index (χ1n) is 9.19. The van der Waals surface area contributed by atoms with Crippen LogP contribution < -0.4 is 4.74 Å². The Morgan fingerprint density at radius 3 is 2.25 bits per heavy atom. The summed E-state index contributed by atoms with van der Waals surface area (Å²) in [6.07, 6.45) is 4.08. The second-order valence-electron chi connectivity index (χ2n) is 7.06. The molecule has 2 amide bonds. The summed E-state index contributed by atoms with van der Waals surface area (Å²) in [5.41, 5.74) is 2.39. The zero-order chi connectivity index (χ0) is 20.1. The van der Waals surface area contributed by atoms with Gasteiger partial charge in [-0.2, -0.15) is 0 Å². The first-order valence-corrected chi connectivity index (χ1v) is 9.19. The average Bonchev–Trinajstić information content (AvgIpc) is 2.72. The number of carboxylic acid groups (broad SMARTS) is 1. The number of nitrogens with zero attached hydrogens (tertiary/aromatic N) is 4. The lowest BCUT2D eigenvalue weighted by Crippen LogP contribution is -2.38. The van der Waals surface area contributed by atoms with Gasteiger partial charge in [0.25, 0.3) is 5.91 Å². The number of rotatable bonds is 5. The third kappa shape index (κ3) is 4.76. The van der Waals surface area contributed by atoms with Gasteiger partial charge >= 0.3 is 12.1 Å². The molecule has 1 aromatic heterocycles. The predicted octanol–water partition coefficient (Wildman–Crippen LogP) is 2.61. The largest absolute Gasteiger partial charge is 0.465 e. The van der Waals surface area contributed by atoms with E-state index in [0.29, 0.717) is 37.2 Å². The molecule has 0 spiro atoms. The van der Waals surface area contributed by atoms with Crippen molar-refractivity contribution < 1.29 is 19.4 Å². The number of carbonyl (C=O) groups is 2. The number of amides is 2. The summed E-state index contributed by atoms with van der Waals surface area (Å²) >= 11 is 0. The fourth-order valence-electron chi connectivity index (χ4n) is 3.09. The van der Waals surface area contributed by atoms with Crippen molar-refractivity contribution in [2.75, 3.05) is 33.8 Å². The van der Waals surface area contributed by atoms with Gasteiger partial charge in [0.05, 0.1) is 6.61 Å². The molecule has 0 atom stereocenters. The van der Waals surface area contributed by atoms with Crippen LogP contribution in [0.3, 0.4) is 0 Å². The predicted molar refractivity (Wildman–Crippen MR) is 103 cm³/mol. The first-order chi connectivity index (χ1) is 13.4. The second-order valence-corrected chi connectivity index (χ2v) is 7.06. The van der Waals surface area contributed by atoms with Gasteiger partial charge in [-0.25, -0.2) is 14.8 Å². The fourth-order valence-corrected chi connectivity index (χ4v) is 3.09. The molecule has 1 aliphatic heterocycles. The Bertz CT molecular complexity index is 813. The van der Waals surface area contributed by atoms with Crippen LogP contribution in [0.5, 0.6) is 6.01 Å². The summed E-state index contributed by atoms with van der Waals surface area (Å²) in [4.78, 5) is 34.3. The summed E-state index contributed by atoms with van der Waals surface area (Å²) in [7, 11) is 3.44. The highest BCUT2D eigenvalue weighted by molar-refractivity contribution is 5.94. The summed E-state index contributed by atoms with van der Waals surface area (Å²) in [5.74, 6) is 0.265. The van der Waals surface area contributed by atoms with E-state index in [1.54, 1.807) is 38.6 Å². The highest BCUT2D eigenvalue weighted by Crippen LogP contribution is 2.21. The topological polar surface area (TPSA) is 95.9 Å². The summed E-state index contributed by atoms with van der Waals surface area (Å²) in [6.45, 7) is 1.55. The maximum atomic E-state index is 11.9. The highest BCUT2D eigenvalue weighted by Gasteiger charge is 2.22. The van der Waals surface area contributed by atoms with Gasteiger partial charge in [0, 0.05) is 50.7 Å². The van der Waals surface area contributed by atoms with E-state index < -0.39 is 6.09 Å². The standard InChI is InChI=1S/C20H24N4O4/c1-23(2)18(25)16-5-3-15(4-6-16)17-11-21-19(22-12-17)28-13-14-7-9-24(10-8-14)20(26)27/h3-6,11-12,14H,7-10,13H2,1-2H3,(H,26,27). The number of carbonyl (C=O) groups excluding carboxylic acids is 1. The van der Waals surface area contributed by atoms with E-state index >= 15 is 0 Å². The number of ether oxygens (including phenoxy) is 1. The Balaban J connectivity index is 1.54. The Morgan fingerprint density at radius 2 is 1.71 bits per heavy atom. The van der Waals surface area contributed by atoms with Crippen molar-refractivity contribution in [3.8, 4) is 17.1 Å². The molecule has 0 radical (unpaired) electrons. The fraction of sp³-hybridized carbons (Fsp3) is 0.400. The van der Waals surface area contributed by atoms with Crippen LogP contribution in [0.2, 0.25) is 0 Å². The number of hydrogen-bond donors (Lipinski definition) is 1. The molecule has 1 fully saturated rings. The zero-order valence-corrected chi connectivity index (χ0v) is 16.0. The van der Waals surface area contributed by atoms with Crippen LogP contribution in [0.15, 0.2) is 36.7 Å². The van der Waals surface area contributed by atoms with Crippen LogP contribution in [0, 0.1) is 5.92 Å². The molecule has 3 rings (SSSR count). The van der Waals surface area contributed by atoms with Crippen LogP contribution in [0.4, 0.5) is 4.79 Å². The van der Waals surface area contributed by atoms with Crippen LogP contribution >= 0.6 is 0 Å². The molecule has 0 bridgehead atoms. The molecule has 0 saturated carbocycles. The molecule has 8 nitrogen and oxygen atoms in total. The minimum Gasteiger partial charge on any atom is -0.465 e. The number of aromatic nitrogens is 2. The molecule has 148 valence electrons. The number of piperidine rings is 1. The molecule has 8 heteroatoms. The van der Waals surface area contributed by atoms with E-state index in [0.717, 1.165) is 24.0 Å². The lowest BCUT2D eigenvalue weighted by Gasteiger charge is -2.29. The molecule has 1 saturated heterocycles. The lowest BCUT2D eigenvalue weighted by molar-refractivity contribution is 0.0827. The maximum Gasteiger partial charge on any atom is 0.407 e. The maximum absolute atomic E-state index is 11.9. The van der Waals surface area contributed by atoms with Crippen molar-refractivity contribution in [3.63, 3.8) is 0 Å². The van der Waals surface area contributed by atoms with Gasteiger partial charge in [-0.05, 0) is 36.5 Å². The average molecular weight is 384 g/mol. The van der Waals surface area contributed by atoms with Crippen molar-refractivity contribution >= 4 is 12.0 Å². The summed E-state index contributed by atoms with van der Waals surface area (Å²) in [5, 5.41) is 8.97. The normalized spacial score (nSPS) is 14.6. The first kappa shape index (κ1) is 19.6. The minimum absolute atomic E-state index is 0.0410. The Labute approximate surface area is 163 Å². The number of benzene rings is 1. The van der Waals surface area contributed by atoms with E-state index in [4.69, 9.17) is 9.84 Å². The quantitative estimate of drug-likeness (QED) is 0.851. The van der Waals surface area contributed by atoms with Gasteiger partial charge < -0.3 is 19.6 Å². The molecular weight excluding hydrogens is 360 g/mol. The summed E-state index contributed by atoms with van der Waals surface area (Å²) in [6, 6.07) is 7.61. The second kappa shape index (κ2) is 8.69. The molecule has 1 aromatic carbocycles. The van der Waals surface area contributed by atoms with Crippen LogP contribution in [0.1, 0.15) is 23.2 Å². The molecular formula is C20H24N4O4. The van der Waals surface area contributed by atoms with Crippen molar-refractivity contribution in [3.05, 3.63) is 42.2 Å². The van der Waals surface area contributed by atoms with Gasteiger partial charge in [-0.3, -0.25) is 4.79 Å². The van der Waals surface area contributed by atoms with Gasteiger partial charge in [0.2, 0.25) is 0 Å². The van der Waals surface area contributed by atoms with Crippen molar-refractivity contribution in [2.45, 2.75) is 12.8 Å². The summed E-state index contributed by atoms with van der Waals surface area (Å²) < 4.78 is 5.67. The molecule has 0 unspecified atom stereocenters. The van der Waals surface area contributed by atoms with Gasteiger partial charge in [0.15, 0.2) is 0 Å². The zero-order valence-electron chi connectivity index (χ0n) is 16.0. The Hall–Kier alpha value is -3.16. The molecule has 0 aliphatic carbocycles. The van der Waals surface area contributed by atoms with Crippen molar-refractivity contribution in [1.82, 2.24) is 19.8 Å². The van der Waals surface area contributed by atoms with E-state index in [-0.39, 0.29) is 5.91 Å². The van der Waals surface area contributed by atoms with E-state index in [2.05, 4.69) is 9.97 Å². The van der Waals surface area contributed by atoms with E-state index in [1.165, 1.54) is 9.80 Å². The van der Waals surface area contributed by atoms with Gasteiger partial charge in [0.1, 0.15) is 0 Å². The molecule has 2 aromatic rings. The number of hydrogen-bond acceptors (Lipinski definition) is 5. The van der Waals surface area contributed by atoms with Gasteiger partial charge in [-0.15, -0.1) is 0 Å². The van der Waals surface area contributed by atoms with Crippen LogP contribution in [-0.2, 0) is 0 Å². The van der Waals surface area contributed by atoms with Crippen LogP contribution in [-0.4, -0.2) is 70.7 Å². The Kier molecular flexibility index (Phi) is 6.08. The van der Waals surface area contributed by atoms with Gasteiger partial charge in [-0.1, -0.05) is 12.1 Å². The monoisotopic (exact) mass is 384 g/mol. The highest BCUT2D eigenvalue weighted by atomic mass is 16.5. The van der Waals surface area contributed by atoms with E-state index in [1.807, 2.05) is 12.1 Å². The smallest absolute Gasteiger partial charge is 0.407 e. The number of likely N-dealkylation sites (tertiary alicyclic amines) is 1. The third-order valence-electron chi connectivity index (χ3n) is 4.83. The SMILES string of the molecule is CN(C)C(=O)c1ccc(-c2cnc(OCC3CCN(C(=O)O)CC3)nc2)cc1. The lowest BCUT2D eigenvalue weighted by atomic mass is 9.98. The van der Waals surface area contributed by atoms with Crippen molar-refractivity contribution in [2.24, 2.45) is 5.92 Å². The van der Waals surface area contributed by atoms with Crippen LogP contribution in [0.25, 0.3) is 11.1 Å². The minimum atomic E-state index is -0.864.